The van der Waals surface area contributed by atoms with Crippen LogP contribution in [0.15, 0.2) is 51.8 Å². The van der Waals surface area contributed by atoms with Crippen molar-refractivity contribution in [2.24, 2.45) is 0 Å². The van der Waals surface area contributed by atoms with Crippen molar-refractivity contribution < 1.29 is 17.6 Å². The van der Waals surface area contributed by atoms with Crippen LogP contribution >= 0.6 is 0 Å². The molecule has 0 fully saturated rings. The Morgan fingerprint density at radius 2 is 1.90 bits per heavy atom. The second kappa shape index (κ2) is 4.76. The average Bonchev–Trinajstić information content (AvgIpc) is 2.82. The first-order valence-electron chi connectivity index (χ1n) is 6.05. The van der Waals surface area contributed by atoms with Crippen molar-refractivity contribution in [2.75, 3.05) is 0 Å². The maximum atomic E-state index is 12.7. The number of rotatable bonds is 2. The van der Waals surface area contributed by atoms with Gasteiger partial charge < -0.3 is 8.98 Å². The van der Waals surface area contributed by atoms with Crippen molar-refractivity contribution in [1.29, 1.82) is 0 Å². The lowest BCUT2D eigenvalue weighted by atomic mass is 10.3. The van der Waals surface area contributed by atoms with E-state index in [9.17, 15) is 18.0 Å². The molecule has 0 aliphatic carbocycles. The molecule has 0 amide bonds. The van der Waals surface area contributed by atoms with Crippen LogP contribution in [-0.4, -0.2) is 9.55 Å². The fourth-order valence-corrected chi connectivity index (χ4v) is 1.96. The van der Waals surface area contributed by atoms with Crippen molar-refractivity contribution in [3.63, 3.8) is 0 Å². The maximum Gasteiger partial charge on any atom is 0.417 e. The fourth-order valence-electron chi connectivity index (χ4n) is 1.96. The van der Waals surface area contributed by atoms with Gasteiger partial charge in [0.2, 0.25) is 5.89 Å². The van der Waals surface area contributed by atoms with Crippen LogP contribution in [0.2, 0.25) is 0 Å². The zero-order valence-corrected chi connectivity index (χ0v) is 10.6. The molecule has 2 aromatic heterocycles. The topological polar surface area (TPSA) is 48.0 Å². The van der Waals surface area contributed by atoms with E-state index in [0.717, 1.165) is 22.9 Å². The summed E-state index contributed by atoms with van der Waals surface area (Å²) >= 11 is 0. The fraction of sp³-hybridized carbons (Fsp3) is 0.143. The first-order valence-corrected chi connectivity index (χ1v) is 6.05. The Bertz CT molecular complexity index is 816. The van der Waals surface area contributed by atoms with Gasteiger partial charge in [-0.05, 0) is 18.2 Å². The molecule has 0 aliphatic heterocycles. The molecule has 0 bridgehead atoms. The summed E-state index contributed by atoms with van der Waals surface area (Å²) in [5, 5.41) is 0. The van der Waals surface area contributed by atoms with Crippen LogP contribution in [0.25, 0.3) is 11.1 Å². The minimum Gasteiger partial charge on any atom is -0.439 e. The van der Waals surface area contributed by atoms with Gasteiger partial charge in [0.1, 0.15) is 12.1 Å². The van der Waals surface area contributed by atoms with Gasteiger partial charge in [0.15, 0.2) is 5.58 Å². The number of aromatic nitrogens is 2. The highest BCUT2D eigenvalue weighted by atomic mass is 19.4. The Hall–Kier alpha value is -2.57. The molecule has 0 saturated carbocycles. The van der Waals surface area contributed by atoms with E-state index in [1.807, 2.05) is 0 Å². The Morgan fingerprint density at radius 3 is 2.62 bits per heavy atom. The largest absolute Gasteiger partial charge is 0.439 e. The van der Waals surface area contributed by atoms with E-state index in [2.05, 4.69) is 4.98 Å². The summed E-state index contributed by atoms with van der Waals surface area (Å²) in [4.78, 5) is 15.8. The third-order valence-corrected chi connectivity index (χ3v) is 2.95. The van der Waals surface area contributed by atoms with Crippen molar-refractivity contribution in [1.82, 2.24) is 9.55 Å². The molecule has 7 heteroatoms. The molecule has 21 heavy (non-hydrogen) atoms. The summed E-state index contributed by atoms with van der Waals surface area (Å²) in [6.45, 7) is -0.155. The molecule has 0 saturated heterocycles. The van der Waals surface area contributed by atoms with E-state index >= 15 is 0 Å². The van der Waals surface area contributed by atoms with Crippen LogP contribution in [0.3, 0.4) is 0 Å². The van der Waals surface area contributed by atoms with E-state index in [4.69, 9.17) is 4.42 Å². The summed E-state index contributed by atoms with van der Waals surface area (Å²) < 4.78 is 44.3. The highest BCUT2D eigenvalue weighted by Crippen LogP contribution is 2.28. The minimum absolute atomic E-state index is 0.155. The standard InChI is InChI=1S/C14H9F3N2O2/c15-14(16,17)9-5-6-13(20)19(7-9)8-12-18-10-3-1-2-4-11(10)21-12/h1-7H,8H2. The van der Waals surface area contributed by atoms with Gasteiger partial charge in [-0.2, -0.15) is 13.2 Å². The predicted molar refractivity (Wildman–Crippen MR) is 68.8 cm³/mol. The van der Waals surface area contributed by atoms with Gasteiger partial charge in [-0.25, -0.2) is 4.98 Å². The molecular formula is C14H9F3N2O2. The number of benzene rings is 1. The number of para-hydroxylation sites is 2. The lowest BCUT2D eigenvalue weighted by molar-refractivity contribution is -0.138. The van der Waals surface area contributed by atoms with Crippen LogP contribution in [-0.2, 0) is 12.7 Å². The highest BCUT2D eigenvalue weighted by Gasteiger charge is 2.31. The number of fused-ring (bicyclic) bond motifs is 1. The van der Waals surface area contributed by atoms with Gasteiger partial charge in [-0.1, -0.05) is 12.1 Å². The van der Waals surface area contributed by atoms with Crippen molar-refractivity contribution in [2.45, 2.75) is 12.7 Å². The van der Waals surface area contributed by atoms with E-state index < -0.39 is 17.3 Å². The van der Waals surface area contributed by atoms with Crippen molar-refractivity contribution in [3.8, 4) is 0 Å². The van der Waals surface area contributed by atoms with Gasteiger partial charge >= 0.3 is 6.18 Å². The minimum atomic E-state index is -4.50. The first-order chi connectivity index (χ1) is 9.93. The predicted octanol–water partition coefficient (Wildman–Crippen LogP) is 3.06. The zero-order chi connectivity index (χ0) is 15.0. The summed E-state index contributed by atoms with van der Waals surface area (Å²) in [5.41, 5.74) is -0.330. The molecule has 3 aromatic rings. The lowest BCUT2D eigenvalue weighted by Gasteiger charge is -2.09. The number of oxazole rings is 1. The van der Waals surface area contributed by atoms with Crippen molar-refractivity contribution >= 4 is 11.1 Å². The first kappa shape index (κ1) is 13.4. The molecule has 0 N–H and O–H groups in total. The monoisotopic (exact) mass is 294 g/mol. The van der Waals surface area contributed by atoms with Crippen LogP contribution in [0.4, 0.5) is 13.2 Å². The van der Waals surface area contributed by atoms with Crippen LogP contribution in [0.5, 0.6) is 0 Å². The number of pyridine rings is 1. The van der Waals surface area contributed by atoms with Gasteiger partial charge in [0.05, 0.1) is 5.56 Å². The number of hydrogen-bond acceptors (Lipinski definition) is 3. The molecule has 108 valence electrons. The highest BCUT2D eigenvalue weighted by molar-refractivity contribution is 5.72. The second-order valence-corrected chi connectivity index (χ2v) is 4.46. The molecule has 0 aliphatic rings. The molecule has 4 nitrogen and oxygen atoms in total. The third-order valence-electron chi connectivity index (χ3n) is 2.95. The summed E-state index contributed by atoms with van der Waals surface area (Å²) in [6, 6.07) is 8.58. The molecule has 0 spiro atoms. The SMILES string of the molecule is O=c1ccc(C(F)(F)F)cn1Cc1nc2ccccc2o1. The normalized spacial score (nSPS) is 12.0. The molecule has 0 atom stereocenters. The molecule has 3 rings (SSSR count). The number of halogens is 3. The van der Waals surface area contributed by atoms with Gasteiger partial charge in [-0.15, -0.1) is 0 Å². The van der Waals surface area contributed by atoms with E-state index in [1.54, 1.807) is 24.3 Å². The van der Waals surface area contributed by atoms with E-state index in [-0.39, 0.29) is 12.4 Å². The number of nitrogens with zero attached hydrogens (tertiary/aromatic N) is 2. The molecule has 0 radical (unpaired) electrons. The van der Waals surface area contributed by atoms with Gasteiger partial charge in [0.25, 0.3) is 5.56 Å². The maximum absolute atomic E-state index is 12.7. The molecule has 2 heterocycles. The third kappa shape index (κ3) is 2.67. The Morgan fingerprint density at radius 1 is 1.14 bits per heavy atom. The zero-order valence-electron chi connectivity index (χ0n) is 10.6. The summed E-state index contributed by atoms with van der Waals surface area (Å²) in [7, 11) is 0. The summed E-state index contributed by atoms with van der Waals surface area (Å²) in [5.74, 6) is 0.178. The van der Waals surface area contributed by atoms with Crippen LogP contribution in [0.1, 0.15) is 11.5 Å². The number of hydrogen-bond donors (Lipinski definition) is 0. The summed E-state index contributed by atoms with van der Waals surface area (Å²) in [6.07, 6.45) is -3.74. The average molecular weight is 294 g/mol. The van der Waals surface area contributed by atoms with Gasteiger partial charge in [0, 0.05) is 12.3 Å². The Balaban J connectivity index is 1.99. The van der Waals surface area contributed by atoms with Gasteiger partial charge in [-0.3, -0.25) is 4.79 Å². The lowest BCUT2D eigenvalue weighted by Crippen LogP contribution is -2.22. The molecular weight excluding hydrogens is 285 g/mol. The number of alkyl halides is 3. The van der Waals surface area contributed by atoms with Crippen LogP contribution in [0, 0.1) is 0 Å². The van der Waals surface area contributed by atoms with Crippen molar-refractivity contribution in [3.05, 3.63) is 64.4 Å². The Kier molecular flexibility index (Phi) is 3.04. The van der Waals surface area contributed by atoms with E-state index in [1.165, 1.54) is 0 Å². The van der Waals surface area contributed by atoms with E-state index in [0.29, 0.717) is 11.1 Å². The molecule has 0 unspecified atom stereocenters. The second-order valence-electron chi connectivity index (χ2n) is 4.46. The Labute approximate surface area is 116 Å². The molecule has 1 aromatic carbocycles. The smallest absolute Gasteiger partial charge is 0.417 e. The van der Waals surface area contributed by atoms with Crippen LogP contribution < -0.4 is 5.56 Å². The quantitative estimate of drug-likeness (QED) is 0.730.